The van der Waals surface area contributed by atoms with Gasteiger partial charge in [0.2, 0.25) is 0 Å². The Kier molecular flexibility index (Phi) is 3.07. The molecule has 0 spiro atoms. The van der Waals surface area contributed by atoms with E-state index in [0.29, 0.717) is 17.4 Å². The molecule has 2 unspecified atom stereocenters. The maximum absolute atomic E-state index is 6.31. The Hall–Kier alpha value is -1.05. The van der Waals surface area contributed by atoms with Crippen LogP contribution in [-0.4, -0.2) is 7.05 Å². The van der Waals surface area contributed by atoms with Gasteiger partial charge >= 0.3 is 0 Å². The summed E-state index contributed by atoms with van der Waals surface area (Å²) >= 11 is 6.31. The van der Waals surface area contributed by atoms with E-state index in [2.05, 4.69) is 50.5 Å². The molecule has 100 valence electrons. The standard InChI is InChI=1S/C17H20ClN/c1-17(2)10-14(17)16(19-3)13-8-9-15(18)12-7-5-4-6-11(12)13/h4-9,14,16,19H,10H2,1-3H3. The molecule has 0 bridgehead atoms. The molecule has 3 rings (SSSR count). The lowest BCUT2D eigenvalue weighted by atomic mass is 9.93. The minimum absolute atomic E-state index is 0.414. The normalized spacial score (nSPS) is 22.4. The fourth-order valence-electron chi connectivity index (χ4n) is 3.21. The van der Waals surface area contributed by atoms with Gasteiger partial charge in [-0.1, -0.05) is 55.8 Å². The van der Waals surface area contributed by atoms with Crippen LogP contribution in [-0.2, 0) is 0 Å². The number of halogens is 1. The van der Waals surface area contributed by atoms with Gasteiger partial charge in [0.25, 0.3) is 0 Å². The zero-order valence-electron chi connectivity index (χ0n) is 11.7. The van der Waals surface area contributed by atoms with Gasteiger partial charge in [0.1, 0.15) is 0 Å². The molecule has 1 fully saturated rings. The summed E-state index contributed by atoms with van der Waals surface area (Å²) < 4.78 is 0. The first-order valence-corrected chi connectivity index (χ1v) is 7.27. The van der Waals surface area contributed by atoms with Crippen LogP contribution in [0.1, 0.15) is 31.9 Å². The van der Waals surface area contributed by atoms with E-state index < -0.39 is 0 Å². The Labute approximate surface area is 120 Å². The van der Waals surface area contributed by atoms with Crippen molar-refractivity contribution in [2.24, 2.45) is 11.3 Å². The van der Waals surface area contributed by atoms with Crippen molar-refractivity contribution in [3.8, 4) is 0 Å². The summed E-state index contributed by atoms with van der Waals surface area (Å²) in [6.07, 6.45) is 1.29. The van der Waals surface area contributed by atoms with Crippen molar-refractivity contribution in [2.45, 2.75) is 26.3 Å². The van der Waals surface area contributed by atoms with Gasteiger partial charge in [-0.25, -0.2) is 0 Å². The molecule has 1 aliphatic carbocycles. The summed E-state index contributed by atoms with van der Waals surface area (Å²) in [6, 6.07) is 13.0. The lowest BCUT2D eigenvalue weighted by Gasteiger charge is -2.21. The maximum atomic E-state index is 6.31. The molecule has 2 aromatic carbocycles. The van der Waals surface area contributed by atoms with E-state index in [9.17, 15) is 0 Å². The zero-order chi connectivity index (χ0) is 13.6. The van der Waals surface area contributed by atoms with Gasteiger partial charge in [-0.05, 0) is 41.8 Å². The second-order valence-electron chi connectivity index (χ2n) is 6.25. The highest BCUT2D eigenvalue weighted by Crippen LogP contribution is 2.58. The highest BCUT2D eigenvalue weighted by Gasteiger charge is 2.50. The SMILES string of the molecule is CNC(c1ccc(Cl)c2ccccc12)C1CC1(C)C. The summed E-state index contributed by atoms with van der Waals surface area (Å²) in [7, 11) is 2.06. The Morgan fingerprint density at radius 3 is 2.37 bits per heavy atom. The molecule has 19 heavy (non-hydrogen) atoms. The lowest BCUT2D eigenvalue weighted by Crippen LogP contribution is -2.20. The third-order valence-corrected chi connectivity index (χ3v) is 4.87. The van der Waals surface area contributed by atoms with Crippen LogP contribution < -0.4 is 5.32 Å². The molecule has 1 aliphatic rings. The van der Waals surface area contributed by atoms with Crippen LogP contribution in [0.3, 0.4) is 0 Å². The fourth-order valence-corrected chi connectivity index (χ4v) is 3.43. The zero-order valence-corrected chi connectivity index (χ0v) is 12.5. The van der Waals surface area contributed by atoms with Crippen molar-refractivity contribution < 1.29 is 0 Å². The van der Waals surface area contributed by atoms with Crippen molar-refractivity contribution >= 4 is 22.4 Å². The third kappa shape index (κ3) is 2.15. The van der Waals surface area contributed by atoms with E-state index >= 15 is 0 Å². The van der Waals surface area contributed by atoms with E-state index in [1.54, 1.807) is 0 Å². The van der Waals surface area contributed by atoms with Crippen LogP contribution in [0.25, 0.3) is 10.8 Å². The number of benzene rings is 2. The number of rotatable bonds is 3. The van der Waals surface area contributed by atoms with Crippen LogP contribution in [0.15, 0.2) is 36.4 Å². The van der Waals surface area contributed by atoms with Gasteiger partial charge in [-0.2, -0.15) is 0 Å². The molecule has 2 aromatic rings. The molecule has 0 heterocycles. The summed E-state index contributed by atoms with van der Waals surface area (Å²) in [4.78, 5) is 0. The van der Waals surface area contributed by atoms with Gasteiger partial charge in [0.05, 0.1) is 0 Å². The first-order valence-electron chi connectivity index (χ1n) is 6.89. The number of hydrogen-bond acceptors (Lipinski definition) is 1. The first-order chi connectivity index (χ1) is 9.04. The van der Waals surface area contributed by atoms with Crippen molar-refractivity contribution in [2.75, 3.05) is 7.05 Å². The van der Waals surface area contributed by atoms with Gasteiger partial charge in [0, 0.05) is 16.5 Å². The third-order valence-electron chi connectivity index (χ3n) is 4.54. The molecule has 1 saturated carbocycles. The Bertz CT molecular complexity index is 618. The number of nitrogens with one attached hydrogen (secondary N) is 1. The molecule has 0 aromatic heterocycles. The van der Waals surface area contributed by atoms with E-state index in [-0.39, 0.29) is 0 Å². The topological polar surface area (TPSA) is 12.0 Å². The Balaban J connectivity index is 2.12. The molecule has 0 aliphatic heterocycles. The van der Waals surface area contributed by atoms with Crippen molar-refractivity contribution in [3.05, 3.63) is 47.0 Å². The quantitative estimate of drug-likeness (QED) is 0.847. The minimum atomic E-state index is 0.414. The summed E-state index contributed by atoms with van der Waals surface area (Å²) in [5, 5.41) is 6.77. The van der Waals surface area contributed by atoms with Gasteiger partial charge < -0.3 is 5.32 Å². The van der Waals surface area contributed by atoms with Crippen molar-refractivity contribution in [1.29, 1.82) is 0 Å². The molecular formula is C17H20ClN. The molecule has 2 heteroatoms. The van der Waals surface area contributed by atoms with E-state index in [1.807, 2.05) is 12.1 Å². The van der Waals surface area contributed by atoms with E-state index in [4.69, 9.17) is 11.6 Å². The van der Waals surface area contributed by atoms with Crippen LogP contribution in [0.2, 0.25) is 5.02 Å². The molecule has 2 atom stereocenters. The average Bonchev–Trinajstić information content (AvgIpc) is 3.02. The van der Waals surface area contributed by atoms with Crippen LogP contribution in [0, 0.1) is 11.3 Å². The summed E-state index contributed by atoms with van der Waals surface area (Å²) in [6.45, 7) is 4.69. The number of fused-ring (bicyclic) bond motifs is 1. The molecule has 1 N–H and O–H groups in total. The summed E-state index contributed by atoms with van der Waals surface area (Å²) in [5.41, 5.74) is 1.83. The minimum Gasteiger partial charge on any atom is -0.313 e. The van der Waals surface area contributed by atoms with Crippen molar-refractivity contribution in [3.63, 3.8) is 0 Å². The lowest BCUT2D eigenvalue weighted by molar-refractivity contribution is 0.443. The van der Waals surface area contributed by atoms with Gasteiger partial charge in [-0.15, -0.1) is 0 Å². The van der Waals surface area contributed by atoms with Gasteiger partial charge in [0.15, 0.2) is 0 Å². The molecule has 0 amide bonds. The molecule has 1 nitrogen and oxygen atoms in total. The maximum Gasteiger partial charge on any atom is 0.0484 e. The molecule has 0 saturated heterocycles. The predicted molar refractivity (Wildman–Crippen MR) is 82.6 cm³/mol. The Morgan fingerprint density at radius 2 is 1.79 bits per heavy atom. The van der Waals surface area contributed by atoms with Gasteiger partial charge in [-0.3, -0.25) is 0 Å². The fraction of sp³-hybridized carbons (Fsp3) is 0.412. The Morgan fingerprint density at radius 1 is 1.16 bits per heavy atom. The second-order valence-corrected chi connectivity index (χ2v) is 6.65. The number of hydrogen-bond donors (Lipinski definition) is 1. The molecular weight excluding hydrogens is 254 g/mol. The van der Waals surface area contributed by atoms with Crippen molar-refractivity contribution in [1.82, 2.24) is 5.32 Å². The predicted octanol–water partition coefficient (Wildman–Crippen LogP) is 4.80. The van der Waals surface area contributed by atoms with Crippen LogP contribution in [0.4, 0.5) is 0 Å². The first kappa shape index (κ1) is 13.0. The monoisotopic (exact) mass is 273 g/mol. The van der Waals surface area contributed by atoms with E-state index in [0.717, 1.165) is 10.4 Å². The smallest absolute Gasteiger partial charge is 0.0484 e. The highest BCUT2D eigenvalue weighted by atomic mass is 35.5. The summed E-state index contributed by atoms with van der Waals surface area (Å²) in [5.74, 6) is 0.710. The van der Waals surface area contributed by atoms with Crippen LogP contribution in [0.5, 0.6) is 0 Å². The second kappa shape index (κ2) is 4.50. The largest absolute Gasteiger partial charge is 0.313 e. The van der Waals surface area contributed by atoms with Crippen LogP contribution >= 0.6 is 11.6 Å². The molecule has 0 radical (unpaired) electrons. The van der Waals surface area contributed by atoms with E-state index in [1.165, 1.54) is 17.4 Å². The average molecular weight is 274 g/mol. The highest BCUT2D eigenvalue weighted by molar-refractivity contribution is 6.35.